The molecular formula is C20H27N5O2. The van der Waals surface area contributed by atoms with Crippen molar-refractivity contribution >= 4 is 22.9 Å². The van der Waals surface area contributed by atoms with Crippen molar-refractivity contribution in [3.8, 4) is 0 Å². The van der Waals surface area contributed by atoms with E-state index in [1.807, 2.05) is 21.9 Å². The fourth-order valence-electron chi connectivity index (χ4n) is 4.28. The molecule has 0 unspecified atom stereocenters. The van der Waals surface area contributed by atoms with E-state index in [4.69, 9.17) is 0 Å². The number of carbonyl (C=O) groups is 1. The van der Waals surface area contributed by atoms with Crippen molar-refractivity contribution < 1.29 is 4.79 Å². The van der Waals surface area contributed by atoms with Crippen LogP contribution in [-0.2, 0) is 11.8 Å². The van der Waals surface area contributed by atoms with Gasteiger partial charge < -0.3 is 9.80 Å². The summed E-state index contributed by atoms with van der Waals surface area (Å²) in [5.74, 6) is 1.29. The van der Waals surface area contributed by atoms with Gasteiger partial charge in [0.2, 0.25) is 5.91 Å². The van der Waals surface area contributed by atoms with E-state index in [1.54, 1.807) is 17.8 Å². The van der Waals surface area contributed by atoms with Crippen LogP contribution in [-0.4, -0.2) is 51.5 Å². The van der Waals surface area contributed by atoms with E-state index in [9.17, 15) is 9.59 Å². The molecule has 0 aromatic carbocycles. The second-order valence-electron chi connectivity index (χ2n) is 7.72. The van der Waals surface area contributed by atoms with Gasteiger partial charge in [-0.1, -0.05) is 19.3 Å². The molecule has 2 aliphatic rings. The van der Waals surface area contributed by atoms with Gasteiger partial charge in [-0.3, -0.25) is 14.2 Å². The van der Waals surface area contributed by atoms with Crippen molar-refractivity contribution in [1.82, 2.24) is 19.4 Å². The second kappa shape index (κ2) is 7.66. The summed E-state index contributed by atoms with van der Waals surface area (Å²) in [6.45, 7) is 2.59. The predicted octanol–water partition coefficient (Wildman–Crippen LogP) is 1.95. The van der Waals surface area contributed by atoms with Crippen LogP contribution in [0.15, 0.2) is 23.1 Å². The van der Waals surface area contributed by atoms with Gasteiger partial charge in [-0.2, -0.15) is 0 Å². The number of aryl methyl sites for hydroxylation is 1. The van der Waals surface area contributed by atoms with Crippen molar-refractivity contribution in [3.63, 3.8) is 0 Å². The molecule has 2 aromatic heterocycles. The third-order valence-corrected chi connectivity index (χ3v) is 5.93. The van der Waals surface area contributed by atoms with Crippen molar-refractivity contribution in [3.05, 3.63) is 28.7 Å². The highest BCUT2D eigenvalue weighted by Gasteiger charge is 2.26. The summed E-state index contributed by atoms with van der Waals surface area (Å²) in [4.78, 5) is 38.1. The molecule has 3 heterocycles. The van der Waals surface area contributed by atoms with Gasteiger partial charge in [0.15, 0.2) is 11.5 Å². The largest absolute Gasteiger partial charge is 0.348 e. The standard InChI is InChI=1S/C20H27N5O2/c1-23-18-16(8-5-9-21-18)22-19(20(23)27)25-12-10-24(11-13-25)17(26)14-15-6-3-2-4-7-15/h5,8-9,15H,2-4,6-7,10-14H2,1H3. The quantitative estimate of drug-likeness (QED) is 0.827. The molecule has 1 amide bonds. The van der Waals surface area contributed by atoms with Crippen LogP contribution in [0.4, 0.5) is 5.82 Å². The first-order valence-electron chi connectivity index (χ1n) is 9.98. The Labute approximate surface area is 159 Å². The van der Waals surface area contributed by atoms with Crippen LogP contribution in [0.25, 0.3) is 11.2 Å². The number of hydrogen-bond donors (Lipinski definition) is 0. The Morgan fingerprint density at radius 2 is 1.89 bits per heavy atom. The highest BCUT2D eigenvalue weighted by molar-refractivity contribution is 5.77. The number of hydrogen-bond acceptors (Lipinski definition) is 5. The third-order valence-electron chi connectivity index (χ3n) is 5.93. The maximum Gasteiger partial charge on any atom is 0.294 e. The van der Waals surface area contributed by atoms with Crippen molar-refractivity contribution in [2.45, 2.75) is 38.5 Å². The monoisotopic (exact) mass is 369 g/mol. The lowest BCUT2D eigenvalue weighted by molar-refractivity contribution is -0.132. The number of piperazine rings is 1. The summed E-state index contributed by atoms with van der Waals surface area (Å²) < 4.78 is 1.55. The first-order chi connectivity index (χ1) is 13.1. The Bertz CT molecular complexity index is 880. The normalized spacial score (nSPS) is 18.9. The molecule has 1 aliphatic carbocycles. The minimum Gasteiger partial charge on any atom is -0.348 e. The van der Waals surface area contributed by atoms with Crippen LogP contribution < -0.4 is 10.5 Å². The van der Waals surface area contributed by atoms with Crippen molar-refractivity contribution in [2.75, 3.05) is 31.1 Å². The summed E-state index contributed by atoms with van der Waals surface area (Å²) in [7, 11) is 1.73. The zero-order valence-electron chi connectivity index (χ0n) is 15.9. The topological polar surface area (TPSA) is 71.3 Å². The van der Waals surface area contributed by atoms with E-state index in [-0.39, 0.29) is 11.5 Å². The lowest BCUT2D eigenvalue weighted by Crippen LogP contribution is -2.50. The number of anilines is 1. The molecule has 1 saturated heterocycles. The van der Waals surface area contributed by atoms with E-state index in [2.05, 4.69) is 9.97 Å². The molecule has 1 saturated carbocycles. The molecule has 27 heavy (non-hydrogen) atoms. The lowest BCUT2D eigenvalue weighted by Gasteiger charge is -2.36. The molecule has 7 nitrogen and oxygen atoms in total. The van der Waals surface area contributed by atoms with Gasteiger partial charge in [-0.15, -0.1) is 0 Å². The predicted molar refractivity (Wildman–Crippen MR) is 105 cm³/mol. The zero-order valence-corrected chi connectivity index (χ0v) is 15.9. The average molecular weight is 369 g/mol. The molecule has 7 heteroatoms. The van der Waals surface area contributed by atoms with Crippen molar-refractivity contribution in [1.29, 1.82) is 0 Å². The van der Waals surface area contributed by atoms with Crippen LogP contribution in [0.1, 0.15) is 38.5 Å². The Kier molecular flexibility index (Phi) is 5.09. The smallest absolute Gasteiger partial charge is 0.294 e. The Hall–Kier alpha value is -2.44. The fraction of sp³-hybridized carbons (Fsp3) is 0.600. The number of amides is 1. The Morgan fingerprint density at radius 3 is 2.63 bits per heavy atom. The summed E-state index contributed by atoms with van der Waals surface area (Å²) in [5, 5.41) is 0. The SMILES string of the molecule is Cn1c(=O)c(N2CCN(C(=O)CC3CCCCC3)CC2)nc2cccnc21. The first-order valence-corrected chi connectivity index (χ1v) is 9.98. The summed E-state index contributed by atoms with van der Waals surface area (Å²) >= 11 is 0. The molecule has 0 spiro atoms. The molecule has 0 bridgehead atoms. The molecule has 0 N–H and O–H groups in total. The minimum absolute atomic E-state index is 0.136. The molecular weight excluding hydrogens is 342 g/mol. The number of nitrogens with zero attached hydrogens (tertiary/aromatic N) is 5. The Balaban J connectivity index is 1.43. The zero-order chi connectivity index (χ0) is 18.8. The molecule has 144 valence electrons. The number of fused-ring (bicyclic) bond motifs is 1. The van der Waals surface area contributed by atoms with Crippen LogP contribution in [0.5, 0.6) is 0 Å². The molecule has 1 aliphatic heterocycles. The summed E-state index contributed by atoms with van der Waals surface area (Å²) in [6.07, 6.45) is 8.57. The maximum atomic E-state index is 12.7. The van der Waals surface area contributed by atoms with Gasteiger partial charge >= 0.3 is 0 Å². The first kappa shape index (κ1) is 17.9. The number of carbonyl (C=O) groups excluding carboxylic acids is 1. The lowest BCUT2D eigenvalue weighted by atomic mass is 9.86. The summed E-state index contributed by atoms with van der Waals surface area (Å²) in [6, 6.07) is 3.70. The van der Waals surface area contributed by atoms with E-state index in [0.29, 0.717) is 55.5 Å². The maximum absolute atomic E-state index is 12.7. The third kappa shape index (κ3) is 3.68. The van der Waals surface area contributed by atoms with E-state index >= 15 is 0 Å². The molecule has 0 radical (unpaired) electrons. The average Bonchev–Trinajstić information content (AvgIpc) is 2.71. The van der Waals surface area contributed by atoms with Crippen LogP contribution in [0, 0.1) is 5.92 Å². The molecule has 2 aromatic rings. The van der Waals surface area contributed by atoms with Gasteiger partial charge in [0.1, 0.15) is 5.52 Å². The van der Waals surface area contributed by atoms with Crippen molar-refractivity contribution in [2.24, 2.45) is 13.0 Å². The Morgan fingerprint density at radius 1 is 1.15 bits per heavy atom. The van der Waals surface area contributed by atoms with Gasteiger partial charge in [0, 0.05) is 45.8 Å². The molecule has 2 fully saturated rings. The van der Waals surface area contributed by atoms with E-state index in [0.717, 1.165) is 0 Å². The highest BCUT2D eigenvalue weighted by atomic mass is 16.2. The van der Waals surface area contributed by atoms with Gasteiger partial charge in [-0.25, -0.2) is 9.97 Å². The summed E-state index contributed by atoms with van der Waals surface area (Å²) in [5.41, 5.74) is 1.17. The second-order valence-corrected chi connectivity index (χ2v) is 7.72. The highest BCUT2D eigenvalue weighted by Crippen LogP contribution is 2.27. The number of aromatic nitrogens is 3. The number of rotatable bonds is 3. The van der Waals surface area contributed by atoms with Crippen LogP contribution in [0.3, 0.4) is 0 Å². The number of pyridine rings is 1. The van der Waals surface area contributed by atoms with Gasteiger partial charge in [0.25, 0.3) is 5.56 Å². The molecule has 0 atom stereocenters. The van der Waals surface area contributed by atoms with Crippen LogP contribution >= 0.6 is 0 Å². The fourth-order valence-corrected chi connectivity index (χ4v) is 4.28. The van der Waals surface area contributed by atoms with E-state index in [1.165, 1.54) is 32.1 Å². The van der Waals surface area contributed by atoms with Crippen LogP contribution in [0.2, 0.25) is 0 Å². The molecule has 4 rings (SSSR count). The van der Waals surface area contributed by atoms with Gasteiger partial charge in [0.05, 0.1) is 0 Å². The van der Waals surface area contributed by atoms with Gasteiger partial charge in [-0.05, 0) is 30.9 Å². The van der Waals surface area contributed by atoms with E-state index < -0.39 is 0 Å². The minimum atomic E-state index is -0.136.